The molecule has 0 spiro atoms. The van der Waals surface area contributed by atoms with Crippen molar-refractivity contribution in [3.63, 3.8) is 0 Å². The average Bonchev–Trinajstić information content (AvgIpc) is 3.43. The highest BCUT2D eigenvalue weighted by Gasteiger charge is 2.24. The summed E-state index contributed by atoms with van der Waals surface area (Å²) < 4.78 is 21.4. The second-order valence-corrected chi connectivity index (χ2v) is 8.72. The number of hydrogen-bond acceptors (Lipinski definition) is 8. The van der Waals surface area contributed by atoms with E-state index >= 15 is 0 Å². The summed E-state index contributed by atoms with van der Waals surface area (Å²) in [5, 5.41) is 16.3. The maximum absolute atomic E-state index is 13.2. The smallest absolute Gasteiger partial charge is 0.242 e. The van der Waals surface area contributed by atoms with E-state index in [1.165, 1.54) is 0 Å². The molecule has 4 rings (SSSR count). The number of benzene rings is 3. The molecular weight excluding hydrogens is 538 g/mol. The molecular formula is C28H32ClN5O6. The monoisotopic (exact) mass is 569 g/mol. The Labute approximate surface area is 238 Å². The highest BCUT2D eigenvalue weighted by Crippen LogP contribution is 2.34. The van der Waals surface area contributed by atoms with E-state index in [0.29, 0.717) is 40.7 Å². The first-order valence-electron chi connectivity index (χ1n) is 12.2. The van der Waals surface area contributed by atoms with Gasteiger partial charge in [-0.25, -0.2) is 0 Å². The van der Waals surface area contributed by atoms with Gasteiger partial charge in [-0.1, -0.05) is 36.4 Å². The van der Waals surface area contributed by atoms with Crippen LogP contribution < -0.4 is 40.6 Å². The number of halogens is 1. The summed E-state index contributed by atoms with van der Waals surface area (Å²) in [5.41, 5.74) is 8.52. The van der Waals surface area contributed by atoms with E-state index in [0.717, 1.165) is 11.1 Å². The van der Waals surface area contributed by atoms with Gasteiger partial charge in [-0.05, 0) is 41.0 Å². The fourth-order valence-electron chi connectivity index (χ4n) is 4.00. The zero-order chi connectivity index (χ0) is 27.8. The van der Waals surface area contributed by atoms with Crippen LogP contribution in [-0.4, -0.2) is 45.2 Å². The van der Waals surface area contributed by atoms with Crippen molar-refractivity contribution in [2.24, 2.45) is 5.73 Å². The summed E-state index contributed by atoms with van der Waals surface area (Å²) in [6.07, 6.45) is 0. The van der Waals surface area contributed by atoms with Gasteiger partial charge in [0.2, 0.25) is 18.6 Å². The summed E-state index contributed by atoms with van der Waals surface area (Å²) >= 11 is 0. The number of ether oxygens (including phenoxy) is 4. The van der Waals surface area contributed by atoms with Crippen molar-refractivity contribution in [3.05, 3.63) is 82.9 Å². The number of amidine groups is 1. The molecule has 1 atom stereocenters. The minimum Gasteiger partial charge on any atom is -0.493 e. The Kier molecular flexibility index (Phi) is 10.6. The van der Waals surface area contributed by atoms with Crippen molar-refractivity contribution in [2.75, 3.05) is 27.6 Å². The molecule has 0 fully saturated rings. The normalized spacial score (nSPS) is 12.1. The molecule has 0 saturated heterocycles. The van der Waals surface area contributed by atoms with E-state index in [1.807, 2.05) is 18.2 Å². The molecule has 2 amide bonds. The van der Waals surface area contributed by atoms with Gasteiger partial charge in [0.1, 0.15) is 11.9 Å². The first kappa shape index (κ1) is 30.1. The quantitative estimate of drug-likeness (QED) is 0.164. The average molecular weight is 570 g/mol. The standard InChI is InChI=1S/C28H31N5O6.ClH/c1-36-21-9-5-18(11-23(21)37-2)14-31-25(34)15-33-28(35)26(20-8-10-22-24(12-20)39-16-38-22)32-13-17-3-6-19(7-4-17)27(29)30;/h3-12,26,32H,13-16H2,1-2H3,(H3,29,30)(H,31,34)(H,33,35);1H. The van der Waals surface area contributed by atoms with Crippen LogP contribution in [0.1, 0.15) is 28.3 Å². The van der Waals surface area contributed by atoms with Gasteiger partial charge in [0.25, 0.3) is 0 Å². The third kappa shape index (κ3) is 7.55. The first-order chi connectivity index (χ1) is 18.9. The lowest BCUT2D eigenvalue weighted by Gasteiger charge is -2.19. The molecule has 12 heteroatoms. The molecule has 212 valence electrons. The van der Waals surface area contributed by atoms with Crippen molar-refractivity contribution in [1.82, 2.24) is 16.0 Å². The van der Waals surface area contributed by atoms with Gasteiger partial charge in [0.15, 0.2) is 23.0 Å². The van der Waals surface area contributed by atoms with E-state index < -0.39 is 6.04 Å². The van der Waals surface area contributed by atoms with Gasteiger partial charge >= 0.3 is 0 Å². The van der Waals surface area contributed by atoms with E-state index in [1.54, 1.807) is 56.7 Å². The maximum Gasteiger partial charge on any atom is 0.242 e. The van der Waals surface area contributed by atoms with Crippen LogP contribution in [0.15, 0.2) is 60.7 Å². The third-order valence-electron chi connectivity index (χ3n) is 6.13. The van der Waals surface area contributed by atoms with E-state index in [9.17, 15) is 9.59 Å². The van der Waals surface area contributed by atoms with Gasteiger partial charge in [0, 0.05) is 18.7 Å². The molecule has 40 heavy (non-hydrogen) atoms. The number of hydrogen-bond donors (Lipinski definition) is 5. The Hall–Kier alpha value is -4.48. The molecule has 3 aromatic carbocycles. The Morgan fingerprint density at radius 2 is 1.60 bits per heavy atom. The van der Waals surface area contributed by atoms with Gasteiger partial charge in [-0.3, -0.25) is 20.3 Å². The minimum absolute atomic E-state index is 0. The van der Waals surface area contributed by atoms with Gasteiger partial charge in [-0.15, -0.1) is 12.4 Å². The maximum atomic E-state index is 13.2. The predicted octanol–water partition coefficient (Wildman–Crippen LogP) is 2.40. The van der Waals surface area contributed by atoms with Crippen molar-refractivity contribution >= 4 is 30.1 Å². The SMILES string of the molecule is COc1ccc(CNC(=O)CNC(=O)C(NCc2ccc(C(=N)N)cc2)c2ccc3c(c2)OCO3)cc1OC.Cl. The summed E-state index contributed by atoms with van der Waals surface area (Å²) in [7, 11) is 3.10. The van der Waals surface area contributed by atoms with Crippen LogP contribution in [0.25, 0.3) is 0 Å². The van der Waals surface area contributed by atoms with Crippen LogP contribution in [0.5, 0.6) is 23.0 Å². The second-order valence-electron chi connectivity index (χ2n) is 8.72. The largest absolute Gasteiger partial charge is 0.493 e. The fourth-order valence-corrected chi connectivity index (χ4v) is 4.00. The number of nitrogens with two attached hydrogens (primary N) is 1. The van der Waals surface area contributed by atoms with Crippen LogP contribution in [0, 0.1) is 5.41 Å². The first-order valence-corrected chi connectivity index (χ1v) is 12.2. The van der Waals surface area contributed by atoms with Gasteiger partial charge in [-0.2, -0.15) is 0 Å². The van der Waals surface area contributed by atoms with E-state index in [4.69, 9.17) is 30.1 Å². The lowest BCUT2D eigenvalue weighted by atomic mass is 10.0. The minimum atomic E-state index is -0.773. The summed E-state index contributed by atoms with van der Waals surface area (Å²) in [5.74, 6) is 1.56. The Morgan fingerprint density at radius 3 is 2.30 bits per heavy atom. The molecule has 0 aromatic heterocycles. The number of nitrogens with one attached hydrogen (secondary N) is 4. The number of methoxy groups -OCH3 is 2. The van der Waals surface area contributed by atoms with Crippen molar-refractivity contribution < 1.29 is 28.5 Å². The Morgan fingerprint density at radius 1 is 0.900 bits per heavy atom. The number of amides is 2. The molecule has 1 aliphatic heterocycles. The van der Waals surface area contributed by atoms with Crippen LogP contribution in [0.3, 0.4) is 0 Å². The van der Waals surface area contributed by atoms with Crippen molar-refractivity contribution in [2.45, 2.75) is 19.1 Å². The lowest BCUT2D eigenvalue weighted by Crippen LogP contribution is -2.42. The number of carbonyl (C=O) groups excluding carboxylic acids is 2. The van der Waals surface area contributed by atoms with Crippen LogP contribution in [-0.2, 0) is 22.7 Å². The van der Waals surface area contributed by atoms with Crippen LogP contribution in [0.2, 0.25) is 0 Å². The predicted molar refractivity (Wildman–Crippen MR) is 151 cm³/mol. The molecule has 3 aromatic rings. The molecule has 6 N–H and O–H groups in total. The summed E-state index contributed by atoms with van der Waals surface area (Å²) in [6, 6.07) is 17.0. The van der Waals surface area contributed by atoms with Crippen molar-refractivity contribution in [1.29, 1.82) is 5.41 Å². The highest BCUT2D eigenvalue weighted by atomic mass is 35.5. The summed E-state index contributed by atoms with van der Waals surface area (Å²) in [6.45, 7) is 0.527. The lowest BCUT2D eigenvalue weighted by molar-refractivity contribution is -0.127. The van der Waals surface area contributed by atoms with Gasteiger partial charge in [0.05, 0.1) is 20.8 Å². The molecule has 1 unspecified atom stereocenters. The van der Waals surface area contributed by atoms with E-state index in [2.05, 4.69) is 16.0 Å². The zero-order valence-electron chi connectivity index (χ0n) is 22.1. The van der Waals surface area contributed by atoms with Crippen LogP contribution >= 0.6 is 12.4 Å². The van der Waals surface area contributed by atoms with Crippen LogP contribution in [0.4, 0.5) is 0 Å². The number of rotatable bonds is 12. The molecule has 1 heterocycles. The summed E-state index contributed by atoms with van der Waals surface area (Å²) in [4.78, 5) is 25.8. The Bertz CT molecular complexity index is 1350. The number of carbonyl (C=O) groups is 2. The zero-order valence-corrected chi connectivity index (χ0v) is 22.9. The van der Waals surface area contributed by atoms with E-state index in [-0.39, 0.29) is 49.9 Å². The molecule has 0 aliphatic carbocycles. The molecule has 0 bridgehead atoms. The Balaban J connectivity index is 0.00000441. The molecule has 1 aliphatic rings. The second kappa shape index (κ2) is 14.1. The number of fused-ring (bicyclic) bond motifs is 1. The fraction of sp³-hybridized carbons (Fsp3) is 0.250. The third-order valence-corrected chi connectivity index (χ3v) is 6.13. The topological polar surface area (TPSA) is 157 Å². The highest BCUT2D eigenvalue weighted by molar-refractivity contribution is 5.94. The molecule has 0 saturated carbocycles. The number of nitrogen functional groups attached to an aromatic ring is 1. The molecule has 11 nitrogen and oxygen atoms in total. The van der Waals surface area contributed by atoms with Crippen molar-refractivity contribution in [3.8, 4) is 23.0 Å². The van der Waals surface area contributed by atoms with Gasteiger partial charge < -0.3 is 35.3 Å². The molecule has 0 radical (unpaired) electrons.